The zero-order valence-electron chi connectivity index (χ0n) is 17.0. The van der Waals surface area contributed by atoms with Gasteiger partial charge in [-0.3, -0.25) is 14.4 Å². The van der Waals surface area contributed by atoms with Gasteiger partial charge in [-0.2, -0.15) is 0 Å². The first-order valence-corrected chi connectivity index (χ1v) is 10.8. The van der Waals surface area contributed by atoms with Crippen LogP contribution in [0, 0.1) is 6.92 Å². The van der Waals surface area contributed by atoms with E-state index in [1.807, 2.05) is 48.2 Å². The molecule has 1 aliphatic rings. The highest BCUT2D eigenvalue weighted by atomic mass is 32.1. The molecule has 0 saturated carbocycles. The van der Waals surface area contributed by atoms with Crippen molar-refractivity contribution >= 4 is 28.8 Å². The average Bonchev–Trinajstić information content (AvgIpc) is 3.39. The summed E-state index contributed by atoms with van der Waals surface area (Å²) < 4.78 is 5.20. The van der Waals surface area contributed by atoms with Gasteiger partial charge in [0.1, 0.15) is 11.5 Å². The van der Waals surface area contributed by atoms with E-state index in [1.54, 1.807) is 7.11 Å². The molecular formula is C23H27NO4S. The monoisotopic (exact) mass is 413 g/mol. The van der Waals surface area contributed by atoms with E-state index < -0.39 is 0 Å². The fourth-order valence-electron chi connectivity index (χ4n) is 3.71. The van der Waals surface area contributed by atoms with E-state index in [-0.39, 0.29) is 49.2 Å². The Morgan fingerprint density at radius 2 is 1.76 bits per heavy atom. The van der Waals surface area contributed by atoms with Gasteiger partial charge in [0, 0.05) is 37.1 Å². The van der Waals surface area contributed by atoms with Crippen molar-refractivity contribution in [3.05, 3.63) is 51.7 Å². The van der Waals surface area contributed by atoms with Gasteiger partial charge < -0.3 is 9.64 Å². The van der Waals surface area contributed by atoms with Crippen molar-refractivity contribution in [2.45, 2.75) is 51.5 Å². The van der Waals surface area contributed by atoms with Crippen LogP contribution in [0.15, 0.2) is 36.4 Å². The summed E-state index contributed by atoms with van der Waals surface area (Å²) in [5, 5.41) is 0. The van der Waals surface area contributed by atoms with Gasteiger partial charge in [-0.1, -0.05) is 12.1 Å². The normalized spacial score (nSPS) is 16.1. The number of thiophene rings is 1. The Hall–Kier alpha value is -2.47. The first-order chi connectivity index (χ1) is 14.0. The predicted octanol–water partition coefficient (Wildman–Crippen LogP) is 4.74. The summed E-state index contributed by atoms with van der Waals surface area (Å²) in [5.74, 6) is 0.779. The van der Waals surface area contributed by atoms with Crippen molar-refractivity contribution < 1.29 is 19.1 Å². The van der Waals surface area contributed by atoms with E-state index in [0.717, 1.165) is 35.6 Å². The van der Waals surface area contributed by atoms with E-state index in [9.17, 15) is 14.4 Å². The molecule has 29 heavy (non-hydrogen) atoms. The number of benzene rings is 1. The third kappa shape index (κ3) is 5.54. The van der Waals surface area contributed by atoms with Crippen molar-refractivity contribution in [2.24, 2.45) is 0 Å². The Bertz CT molecular complexity index is 871. The quantitative estimate of drug-likeness (QED) is 0.557. The minimum Gasteiger partial charge on any atom is -0.497 e. The van der Waals surface area contributed by atoms with Gasteiger partial charge in [0.15, 0.2) is 5.78 Å². The van der Waals surface area contributed by atoms with Crippen LogP contribution in [0.3, 0.4) is 0 Å². The van der Waals surface area contributed by atoms with E-state index in [4.69, 9.17) is 4.74 Å². The standard InChI is InChI=1S/C23H27NO4S/c1-16-5-13-22(29-16)21(26)12-8-18(25)9-14-23(27)24-15-3-4-20(24)17-6-10-19(28-2)11-7-17/h5-7,10-11,13,20H,3-4,8-9,12,14-15H2,1-2H3. The van der Waals surface area contributed by atoms with Crippen molar-refractivity contribution in [1.82, 2.24) is 4.90 Å². The third-order valence-electron chi connectivity index (χ3n) is 5.34. The first-order valence-electron chi connectivity index (χ1n) is 10.0. The number of hydrogen-bond donors (Lipinski definition) is 0. The van der Waals surface area contributed by atoms with Crippen molar-refractivity contribution in [3.8, 4) is 5.75 Å². The number of aryl methyl sites for hydroxylation is 1. The Morgan fingerprint density at radius 3 is 2.41 bits per heavy atom. The molecule has 1 fully saturated rings. The van der Waals surface area contributed by atoms with Gasteiger partial charge in [0.25, 0.3) is 0 Å². The molecule has 1 unspecified atom stereocenters. The van der Waals surface area contributed by atoms with Crippen LogP contribution in [0.4, 0.5) is 0 Å². The largest absolute Gasteiger partial charge is 0.497 e. The lowest BCUT2D eigenvalue weighted by molar-refractivity contribution is -0.134. The molecular weight excluding hydrogens is 386 g/mol. The highest BCUT2D eigenvalue weighted by Gasteiger charge is 2.29. The van der Waals surface area contributed by atoms with Crippen LogP contribution >= 0.6 is 11.3 Å². The minimum atomic E-state index is -0.0276. The fourth-order valence-corrected chi connectivity index (χ4v) is 4.55. The molecule has 5 nitrogen and oxygen atoms in total. The van der Waals surface area contributed by atoms with Gasteiger partial charge >= 0.3 is 0 Å². The Morgan fingerprint density at radius 1 is 1.03 bits per heavy atom. The Balaban J connectivity index is 1.47. The summed E-state index contributed by atoms with van der Waals surface area (Å²) in [6.07, 6.45) is 2.71. The number of amides is 1. The molecule has 6 heteroatoms. The second-order valence-corrected chi connectivity index (χ2v) is 8.68. The molecule has 0 aliphatic carbocycles. The molecule has 1 aromatic carbocycles. The van der Waals surface area contributed by atoms with Crippen LogP contribution in [0.5, 0.6) is 5.75 Å². The van der Waals surface area contributed by atoms with E-state index >= 15 is 0 Å². The summed E-state index contributed by atoms with van der Waals surface area (Å²) in [4.78, 5) is 40.7. The molecule has 1 aliphatic heterocycles. The molecule has 1 aromatic heterocycles. The smallest absolute Gasteiger partial charge is 0.223 e. The van der Waals surface area contributed by atoms with Crippen molar-refractivity contribution in [3.63, 3.8) is 0 Å². The first kappa shape index (κ1) is 21.2. The Kier molecular flexibility index (Phi) is 7.20. The summed E-state index contributed by atoms with van der Waals surface area (Å²) in [6.45, 7) is 2.68. The predicted molar refractivity (Wildman–Crippen MR) is 114 cm³/mol. The molecule has 2 aromatic rings. The van der Waals surface area contributed by atoms with E-state index in [2.05, 4.69) is 0 Å². The maximum Gasteiger partial charge on any atom is 0.223 e. The lowest BCUT2D eigenvalue weighted by atomic mass is 10.0. The van der Waals surface area contributed by atoms with Gasteiger partial charge in [0.05, 0.1) is 18.0 Å². The summed E-state index contributed by atoms with van der Waals surface area (Å²) in [6, 6.07) is 11.6. The van der Waals surface area contributed by atoms with E-state index in [1.165, 1.54) is 11.3 Å². The van der Waals surface area contributed by atoms with Crippen molar-refractivity contribution in [2.75, 3.05) is 13.7 Å². The minimum absolute atomic E-state index is 0.00175. The van der Waals surface area contributed by atoms with Crippen LogP contribution < -0.4 is 4.74 Å². The summed E-state index contributed by atoms with van der Waals surface area (Å²) in [7, 11) is 1.63. The molecule has 154 valence electrons. The number of methoxy groups -OCH3 is 1. The van der Waals surface area contributed by atoms with Crippen LogP contribution in [0.1, 0.15) is 64.7 Å². The topological polar surface area (TPSA) is 63.7 Å². The number of Topliss-reactive ketones (excluding diaryl/α,β-unsaturated/α-hetero) is 2. The number of nitrogens with zero attached hydrogens (tertiary/aromatic N) is 1. The fraction of sp³-hybridized carbons (Fsp3) is 0.435. The zero-order valence-corrected chi connectivity index (χ0v) is 17.8. The second kappa shape index (κ2) is 9.83. The second-order valence-electron chi connectivity index (χ2n) is 7.39. The summed E-state index contributed by atoms with van der Waals surface area (Å²) in [5.41, 5.74) is 1.10. The molecule has 0 spiro atoms. The maximum absolute atomic E-state index is 12.7. The molecule has 0 bridgehead atoms. The van der Waals surface area contributed by atoms with Crippen LogP contribution in [-0.2, 0) is 9.59 Å². The number of carbonyl (C=O) groups excluding carboxylic acids is 3. The van der Waals surface area contributed by atoms with Gasteiger partial charge in [-0.25, -0.2) is 0 Å². The highest BCUT2D eigenvalue weighted by molar-refractivity contribution is 7.14. The lowest BCUT2D eigenvalue weighted by Gasteiger charge is -2.25. The van der Waals surface area contributed by atoms with Gasteiger partial charge in [0.2, 0.25) is 5.91 Å². The number of ketones is 2. The molecule has 0 radical (unpaired) electrons. The number of likely N-dealkylation sites (tertiary alicyclic amines) is 1. The van der Waals surface area contributed by atoms with Crippen LogP contribution in [0.2, 0.25) is 0 Å². The summed E-state index contributed by atoms with van der Waals surface area (Å²) >= 11 is 1.45. The molecule has 1 saturated heterocycles. The maximum atomic E-state index is 12.7. The van der Waals surface area contributed by atoms with Crippen LogP contribution in [0.25, 0.3) is 0 Å². The number of ether oxygens (including phenoxy) is 1. The van der Waals surface area contributed by atoms with Gasteiger partial charge in [-0.15, -0.1) is 11.3 Å². The average molecular weight is 414 g/mol. The number of rotatable bonds is 9. The lowest BCUT2D eigenvalue weighted by Crippen LogP contribution is -2.30. The molecule has 1 amide bonds. The van der Waals surface area contributed by atoms with Gasteiger partial charge in [-0.05, 0) is 49.6 Å². The SMILES string of the molecule is COc1ccc(C2CCCN2C(=O)CCC(=O)CCC(=O)c2ccc(C)s2)cc1. The third-order valence-corrected chi connectivity index (χ3v) is 6.38. The molecule has 2 heterocycles. The number of hydrogen-bond acceptors (Lipinski definition) is 5. The number of carbonyl (C=O) groups is 3. The highest BCUT2D eigenvalue weighted by Crippen LogP contribution is 2.33. The molecule has 1 atom stereocenters. The van der Waals surface area contributed by atoms with E-state index in [0.29, 0.717) is 4.88 Å². The molecule has 0 N–H and O–H groups in total. The molecule has 3 rings (SSSR count). The Labute approximate surface area is 175 Å². The van der Waals surface area contributed by atoms with Crippen LogP contribution in [-0.4, -0.2) is 36.0 Å². The zero-order chi connectivity index (χ0) is 20.8. The van der Waals surface area contributed by atoms with Crippen molar-refractivity contribution in [1.29, 1.82) is 0 Å².